The highest BCUT2D eigenvalue weighted by atomic mass is 31.2. The topological polar surface area (TPSA) is 44.8 Å². The first-order valence-electron chi connectivity index (χ1n) is 17.1. The number of hydrogen-bond donors (Lipinski definition) is 0. The molecule has 248 valence electrons. The van der Waals surface area contributed by atoms with E-state index in [0.29, 0.717) is 35.5 Å². The molecule has 0 rings (SSSR count). The molecule has 0 fully saturated rings. The minimum atomic E-state index is -4.04. The van der Waals surface area contributed by atoms with Crippen LogP contribution in [0.1, 0.15) is 163 Å². The summed E-state index contributed by atoms with van der Waals surface area (Å²) in [4.78, 5) is 0. The Morgan fingerprint density at radius 1 is 0.415 bits per heavy atom. The van der Waals surface area contributed by atoms with Gasteiger partial charge in [0.15, 0.2) is 0 Å². The monoisotopic (exact) mass is 603 g/mol. The summed E-state index contributed by atoms with van der Waals surface area (Å²) in [5.74, 6) is 3.26. The third-order valence-corrected chi connectivity index (χ3v) is 10.9. The van der Waals surface area contributed by atoms with Crippen molar-refractivity contribution < 1.29 is 18.1 Å². The molecule has 0 heterocycles. The molecule has 6 atom stereocenters. The van der Waals surface area contributed by atoms with E-state index in [0.717, 1.165) is 38.5 Å². The summed E-state index contributed by atoms with van der Waals surface area (Å²) < 4.78 is 36.4. The van der Waals surface area contributed by atoms with Gasteiger partial charge in [-0.3, -0.25) is 13.6 Å². The predicted octanol–water partition coefficient (Wildman–Crippen LogP) is 12.6. The van der Waals surface area contributed by atoms with Gasteiger partial charge in [-0.1, -0.05) is 104 Å². The summed E-state index contributed by atoms with van der Waals surface area (Å²) in [7, 11) is -4.04. The Kier molecular flexibility index (Phi) is 17.0. The summed E-state index contributed by atoms with van der Waals surface area (Å²) in [5, 5.41) is 0. The largest absolute Gasteiger partial charge is 0.476 e. The molecule has 0 N–H and O–H groups in total. The van der Waals surface area contributed by atoms with E-state index in [1.807, 2.05) is 0 Å². The Hall–Kier alpha value is 0.110. The van der Waals surface area contributed by atoms with Crippen molar-refractivity contribution in [3.63, 3.8) is 0 Å². The molecule has 0 radical (unpaired) electrons. The maximum atomic E-state index is 15.5. The van der Waals surface area contributed by atoms with Gasteiger partial charge in [0.2, 0.25) is 0 Å². The van der Waals surface area contributed by atoms with Crippen LogP contribution in [0.15, 0.2) is 0 Å². The fourth-order valence-electron chi connectivity index (χ4n) is 7.11. The van der Waals surface area contributed by atoms with Gasteiger partial charge in [-0.2, -0.15) is 0 Å². The van der Waals surface area contributed by atoms with Gasteiger partial charge in [0.1, 0.15) is 0 Å². The van der Waals surface area contributed by atoms with Gasteiger partial charge in [0.25, 0.3) is 0 Å². The summed E-state index contributed by atoms with van der Waals surface area (Å²) in [5.41, 5.74) is -1.93. The molecule has 0 saturated carbocycles. The Labute approximate surface area is 258 Å². The highest BCUT2D eigenvalue weighted by Gasteiger charge is 2.51. The summed E-state index contributed by atoms with van der Waals surface area (Å²) >= 11 is 0. The zero-order valence-electron chi connectivity index (χ0n) is 31.0. The summed E-state index contributed by atoms with van der Waals surface area (Å²) in [6.45, 7) is 40.0. The van der Waals surface area contributed by atoms with E-state index in [4.69, 9.17) is 13.6 Å². The average Bonchev–Trinajstić information content (AvgIpc) is 2.69. The van der Waals surface area contributed by atoms with Crippen molar-refractivity contribution in [1.82, 2.24) is 0 Å². The van der Waals surface area contributed by atoms with E-state index >= 15 is 4.57 Å². The average molecular weight is 603 g/mol. The van der Waals surface area contributed by atoms with E-state index in [1.165, 1.54) is 0 Å². The quantitative estimate of drug-likeness (QED) is 0.123. The maximum Gasteiger partial charge on any atom is 0.476 e. The van der Waals surface area contributed by atoms with Crippen LogP contribution >= 0.6 is 7.82 Å². The molecule has 0 aromatic rings. The SMILES string of the molecule is CC(C)CC(C)C(C)(CC(C)C)OP(=O)(OC(C)(CC(C)C)C(C)CC(C)C)OC(C)(CC(C)C)C(C)CC(C)C. The highest BCUT2D eigenvalue weighted by molar-refractivity contribution is 7.48. The van der Waals surface area contributed by atoms with Crippen LogP contribution < -0.4 is 0 Å². The molecule has 6 unspecified atom stereocenters. The molecule has 0 aromatic carbocycles. The minimum Gasteiger partial charge on any atom is -0.280 e. The van der Waals surface area contributed by atoms with Crippen LogP contribution in [-0.2, 0) is 18.1 Å². The summed E-state index contributed by atoms with van der Waals surface area (Å²) in [6, 6.07) is 0. The standard InChI is InChI=1S/C36H75O4P/c1-25(2)19-31(13)34(16,22-28(7)8)38-41(37,39-35(17,23-29(9)10)32(14)20-26(3)4)40-36(18,24-30(11)12)33(15)21-27(5)6/h25-33H,19-24H2,1-18H3. The van der Waals surface area contributed by atoms with Gasteiger partial charge >= 0.3 is 7.82 Å². The van der Waals surface area contributed by atoms with Gasteiger partial charge in [-0.15, -0.1) is 0 Å². The first-order chi connectivity index (χ1) is 18.4. The highest BCUT2D eigenvalue weighted by Crippen LogP contribution is 2.63. The molecule has 41 heavy (non-hydrogen) atoms. The van der Waals surface area contributed by atoms with Crippen LogP contribution in [0.3, 0.4) is 0 Å². The molecule has 0 aromatic heterocycles. The number of phosphoric ester groups is 1. The van der Waals surface area contributed by atoms with Crippen molar-refractivity contribution in [2.45, 2.75) is 180 Å². The molecule has 0 aliphatic carbocycles. The minimum absolute atomic E-state index is 0.194. The van der Waals surface area contributed by atoms with Crippen LogP contribution in [-0.4, -0.2) is 16.8 Å². The second-order valence-corrected chi connectivity index (χ2v) is 18.5. The molecule has 0 aliphatic rings. The maximum absolute atomic E-state index is 15.5. The van der Waals surface area contributed by atoms with Gasteiger partial charge in [-0.25, -0.2) is 4.57 Å². The lowest BCUT2D eigenvalue weighted by Gasteiger charge is -2.47. The lowest BCUT2D eigenvalue weighted by atomic mass is 9.79. The van der Waals surface area contributed by atoms with Crippen LogP contribution in [0.2, 0.25) is 0 Å². The molecule has 0 bridgehead atoms. The first-order valence-corrected chi connectivity index (χ1v) is 18.6. The third-order valence-electron chi connectivity index (χ3n) is 9.00. The van der Waals surface area contributed by atoms with Crippen LogP contribution in [0.5, 0.6) is 0 Å². The van der Waals surface area contributed by atoms with Gasteiger partial charge in [0, 0.05) is 0 Å². The van der Waals surface area contributed by atoms with Gasteiger partial charge in [-0.05, 0) is 113 Å². The third kappa shape index (κ3) is 14.6. The van der Waals surface area contributed by atoms with Crippen molar-refractivity contribution in [1.29, 1.82) is 0 Å². The first kappa shape index (κ1) is 41.1. The van der Waals surface area contributed by atoms with Gasteiger partial charge < -0.3 is 0 Å². The molecule has 5 heteroatoms. The fraction of sp³-hybridized carbons (Fsp3) is 1.00. The smallest absolute Gasteiger partial charge is 0.280 e. The van der Waals surface area contributed by atoms with Crippen molar-refractivity contribution >= 4 is 7.82 Å². The Morgan fingerprint density at radius 3 is 0.756 bits per heavy atom. The van der Waals surface area contributed by atoms with Crippen LogP contribution in [0.4, 0.5) is 0 Å². The number of rotatable bonds is 21. The van der Waals surface area contributed by atoms with Crippen molar-refractivity contribution in [2.75, 3.05) is 0 Å². The van der Waals surface area contributed by atoms with Gasteiger partial charge in [0.05, 0.1) is 16.8 Å². The lowest BCUT2D eigenvalue weighted by Crippen LogP contribution is -2.44. The molecular weight excluding hydrogens is 527 g/mol. The Balaban J connectivity index is 7.13. The molecular formula is C36H75O4P. The fourth-order valence-corrected chi connectivity index (χ4v) is 9.52. The van der Waals surface area contributed by atoms with E-state index in [1.54, 1.807) is 0 Å². The molecule has 0 amide bonds. The van der Waals surface area contributed by atoms with Crippen LogP contribution in [0.25, 0.3) is 0 Å². The van der Waals surface area contributed by atoms with E-state index < -0.39 is 24.6 Å². The molecule has 4 nitrogen and oxygen atoms in total. The van der Waals surface area contributed by atoms with E-state index in [9.17, 15) is 0 Å². The molecule has 0 aliphatic heterocycles. The Bertz CT molecular complexity index is 676. The second kappa shape index (κ2) is 17.0. The number of hydrogen-bond acceptors (Lipinski definition) is 4. The number of phosphoric acid groups is 1. The lowest BCUT2D eigenvalue weighted by molar-refractivity contribution is -0.109. The van der Waals surface area contributed by atoms with E-state index in [2.05, 4.69) is 125 Å². The normalized spacial score (nSPS) is 21.3. The molecule has 0 saturated heterocycles. The predicted molar refractivity (Wildman–Crippen MR) is 180 cm³/mol. The van der Waals surface area contributed by atoms with Crippen molar-refractivity contribution in [3.8, 4) is 0 Å². The van der Waals surface area contributed by atoms with Crippen molar-refractivity contribution in [3.05, 3.63) is 0 Å². The summed E-state index contributed by atoms with van der Waals surface area (Å²) in [6.07, 6.45) is 5.35. The Morgan fingerprint density at radius 2 is 0.610 bits per heavy atom. The van der Waals surface area contributed by atoms with Crippen molar-refractivity contribution in [2.24, 2.45) is 53.3 Å². The van der Waals surface area contributed by atoms with E-state index in [-0.39, 0.29) is 17.8 Å². The molecule has 0 spiro atoms. The zero-order valence-corrected chi connectivity index (χ0v) is 31.9. The second-order valence-electron chi connectivity index (χ2n) is 17.0. The zero-order chi connectivity index (χ0) is 32.6. The van der Waals surface area contributed by atoms with Crippen LogP contribution in [0, 0.1) is 53.3 Å².